The lowest BCUT2D eigenvalue weighted by molar-refractivity contribution is -0.138. The molecule has 1 aromatic carbocycles. The van der Waals surface area contributed by atoms with Gasteiger partial charge in [0.25, 0.3) is 5.91 Å². The molecule has 1 aliphatic carbocycles. The van der Waals surface area contributed by atoms with E-state index in [1.54, 1.807) is 11.8 Å². The average molecular weight is 353 g/mol. The van der Waals surface area contributed by atoms with E-state index in [1.807, 2.05) is 18.2 Å². The van der Waals surface area contributed by atoms with Crippen molar-refractivity contribution in [3.63, 3.8) is 0 Å². The van der Waals surface area contributed by atoms with Crippen molar-refractivity contribution >= 4 is 23.4 Å². The number of hydrogen-bond donors (Lipinski definition) is 1. The van der Waals surface area contributed by atoms with E-state index in [2.05, 4.69) is 23.5 Å². The lowest BCUT2D eigenvalue weighted by Crippen LogP contribution is -2.47. The van der Waals surface area contributed by atoms with E-state index < -0.39 is 11.6 Å². The topological polar surface area (TPSA) is 69.7 Å². The van der Waals surface area contributed by atoms with Crippen LogP contribution in [0.2, 0.25) is 0 Å². The van der Waals surface area contributed by atoms with E-state index in [-0.39, 0.29) is 24.3 Å². The van der Waals surface area contributed by atoms with Crippen LogP contribution < -0.4 is 5.32 Å². The molecule has 0 bridgehead atoms. The van der Waals surface area contributed by atoms with Gasteiger partial charge >= 0.3 is 6.03 Å². The molecule has 1 N–H and O–H groups in total. The largest absolute Gasteiger partial charge is 0.337 e. The van der Waals surface area contributed by atoms with Gasteiger partial charge in [-0.3, -0.25) is 14.5 Å². The molecule has 6 nitrogen and oxygen atoms in total. The number of hydrogen-bond acceptors (Lipinski definition) is 3. The van der Waals surface area contributed by atoms with Crippen molar-refractivity contribution in [3.8, 4) is 0 Å². The molecule has 2 heterocycles. The summed E-state index contributed by atoms with van der Waals surface area (Å²) in [7, 11) is 0. The third kappa shape index (κ3) is 2.89. The van der Waals surface area contributed by atoms with E-state index in [9.17, 15) is 14.4 Å². The van der Waals surface area contributed by atoms with Gasteiger partial charge in [0.2, 0.25) is 5.91 Å². The normalized spacial score (nSPS) is 26.0. The Balaban J connectivity index is 1.39. The van der Waals surface area contributed by atoms with Crippen LogP contribution in [0.15, 0.2) is 36.4 Å². The number of nitrogens with one attached hydrogen (secondary N) is 1. The highest BCUT2D eigenvalue weighted by atomic mass is 16.2. The van der Waals surface area contributed by atoms with E-state index in [4.69, 9.17) is 0 Å². The molecule has 136 valence electrons. The van der Waals surface area contributed by atoms with E-state index in [0.29, 0.717) is 13.1 Å². The molecule has 6 heteroatoms. The monoisotopic (exact) mass is 353 g/mol. The summed E-state index contributed by atoms with van der Waals surface area (Å²) in [6.45, 7) is 2.70. The van der Waals surface area contributed by atoms with Crippen LogP contribution in [0.5, 0.6) is 0 Å². The fraction of sp³-hybridized carbons (Fsp3) is 0.450. The highest BCUT2D eigenvalue weighted by Gasteiger charge is 2.56. The van der Waals surface area contributed by atoms with Crippen molar-refractivity contribution in [2.24, 2.45) is 5.92 Å². The zero-order valence-electron chi connectivity index (χ0n) is 14.9. The molecule has 4 rings (SSSR count). The fourth-order valence-electron chi connectivity index (χ4n) is 3.84. The first-order valence-corrected chi connectivity index (χ1v) is 9.15. The van der Waals surface area contributed by atoms with Crippen LogP contribution in [0.25, 0.3) is 5.57 Å². The fourth-order valence-corrected chi connectivity index (χ4v) is 3.84. The number of carbonyl (C=O) groups excluding carboxylic acids is 3. The van der Waals surface area contributed by atoms with Gasteiger partial charge in [0.15, 0.2) is 0 Å². The third-order valence-corrected chi connectivity index (χ3v) is 5.69. The first-order valence-electron chi connectivity index (χ1n) is 9.15. The molecule has 0 aromatic heterocycles. The maximum atomic E-state index is 12.6. The Bertz CT molecular complexity index is 785. The standard InChI is InChI=1S/C20H23N3O3/c1-20(16-7-8-16)18(25)23(19(26)21-20)13-17(24)22-11-9-15(10-12-22)14-5-3-2-4-6-14/h2-6,9,16H,7-8,10-13H2,1H3,(H,21,26)/t20-/m1/s1. The van der Waals surface area contributed by atoms with Crippen LogP contribution in [0.3, 0.4) is 0 Å². The third-order valence-electron chi connectivity index (χ3n) is 5.69. The number of nitrogens with zero attached hydrogens (tertiary/aromatic N) is 2. The summed E-state index contributed by atoms with van der Waals surface area (Å²) in [6.07, 6.45) is 4.72. The summed E-state index contributed by atoms with van der Waals surface area (Å²) in [5, 5.41) is 2.78. The minimum atomic E-state index is -0.834. The van der Waals surface area contributed by atoms with Crippen molar-refractivity contribution in [1.82, 2.24) is 15.1 Å². The molecule has 2 fully saturated rings. The second-order valence-corrected chi connectivity index (χ2v) is 7.48. The van der Waals surface area contributed by atoms with Gasteiger partial charge in [-0.1, -0.05) is 36.4 Å². The van der Waals surface area contributed by atoms with E-state index in [1.165, 1.54) is 11.1 Å². The summed E-state index contributed by atoms with van der Waals surface area (Å²) in [5.41, 5.74) is 1.57. The van der Waals surface area contributed by atoms with Crippen LogP contribution in [0.4, 0.5) is 4.79 Å². The minimum absolute atomic E-state index is 0.179. The molecule has 0 unspecified atom stereocenters. The van der Waals surface area contributed by atoms with Gasteiger partial charge in [-0.25, -0.2) is 4.79 Å². The van der Waals surface area contributed by atoms with Crippen molar-refractivity contribution in [1.29, 1.82) is 0 Å². The number of urea groups is 1. The van der Waals surface area contributed by atoms with Crippen molar-refractivity contribution in [2.75, 3.05) is 19.6 Å². The summed E-state index contributed by atoms with van der Waals surface area (Å²) >= 11 is 0. The molecule has 4 amide bonds. The Morgan fingerprint density at radius 3 is 2.58 bits per heavy atom. The summed E-state index contributed by atoms with van der Waals surface area (Å²) in [5.74, 6) is -0.252. The number of benzene rings is 1. The van der Waals surface area contributed by atoms with Crippen molar-refractivity contribution < 1.29 is 14.4 Å². The molecule has 2 aliphatic heterocycles. The van der Waals surface area contributed by atoms with Gasteiger partial charge in [0.1, 0.15) is 12.1 Å². The van der Waals surface area contributed by atoms with Gasteiger partial charge in [-0.15, -0.1) is 0 Å². The van der Waals surface area contributed by atoms with Gasteiger partial charge < -0.3 is 10.2 Å². The Kier molecular flexibility index (Phi) is 4.05. The Morgan fingerprint density at radius 2 is 1.96 bits per heavy atom. The van der Waals surface area contributed by atoms with Crippen molar-refractivity contribution in [2.45, 2.75) is 31.7 Å². The second kappa shape index (κ2) is 6.27. The number of amides is 4. The average Bonchev–Trinajstić information content (AvgIpc) is 3.49. The maximum Gasteiger partial charge on any atom is 0.325 e. The van der Waals surface area contributed by atoms with Gasteiger partial charge in [0, 0.05) is 13.1 Å². The van der Waals surface area contributed by atoms with E-state index in [0.717, 1.165) is 24.2 Å². The number of rotatable bonds is 4. The summed E-state index contributed by atoms with van der Waals surface area (Å²) in [4.78, 5) is 40.2. The smallest absolute Gasteiger partial charge is 0.325 e. The highest BCUT2D eigenvalue weighted by molar-refractivity contribution is 6.09. The highest BCUT2D eigenvalue weighted by Crippen LogP contribution is 2.42. The minimum Gasteiger partial charge on any atom is -0.337 e. The zero-order valence-corrected chi connectivity index (χ0v) is 14.9. The lowest BCUT2D eigenvalue weighted by atomic mass is 9.96. The summed E-state index contributed by atoms with van der Waals surface area (Å²) < 4.78 is 0. The second-order valence-electron chi connectivity index (χ2n) is 7.48. The van der Waals surface area contributed by atoms with Crippen LogP contribution >= 0.6 is 0 Å². The predicted octanol–water partition coefficient (Wildman–Crippen LogP) is 2.02. The molecular formula is C20H23N3O3. The maximum absolute atomic E-state index is 12.6. The Labute approximate surface area is 152 Å². The van der Waals surface area contributed by atoms with Gasteiger partial charge in [-0.2, -0.15) is 0 Å². The zero-order chi connectivity index (χ0) is 18.3. The number of imide groups is 1. The molecule has 1 aromatic rings. The molecule has 3 aliphatic rings. The molecule has 1 atom stereocenters. The Morgan fingerprint density at radius 1 is 1.23 bits per heavy atom. The van der Waals surface area contributed by atoms with E-state index >= 15 is 0 Å². The molecule has 0 radical (unpaired) electrons. The van der Waals surface area contributed by atoms with Gasteiger partial charge in [-0.05, 0) is 43.2 Å². The van der Waals surface area contributed by atoms with Crippen LogP contribution in [-0.2, 0) is 9.59 Å². The SMILES string of the molecule is C[C@]1(C2CC2)NC(=O)N(CC(=O)N2CC=C(c3ccccc3)CC2)C1=O. The molecule has 1 saturated carbocycles. The van der Waals surface area contributed by atoms with Crippen LogP contribution in [-0.4, -0.2) is 52.8 Å². The van der Waals surface area contributed by atoms with Crippen molar-refractivity contribution in [3.05, 3.63) is 42.0 Å². The van der Waals surface area contributed by atoms with Gasteiger partial charge in [0.05, 0.1) is 0 Å². The molecule has 26 heavy (non-hydrogen) atoms. The molecular weight excluding hydrogens is 330 g/mol. The number of carbonyl (C=O) groups is 3. The quantitative estimate of drug-likeness (QED) is 0.842. The molecule has 1 saturated heterocycles. The Hall–Kier alpha value is -2.63. The summed E-state index contributed by atoms with van der Waals surface area (Å²) in [6, 6.07) is 9.67. The molecule has 0 spiro atoms. The predicted molar refractivity (Wildman–Crippen MR) is 97.0 cm³/mol. The van der Waals surface area contributed by atoms with Crippen LogP contribution in [0.1, 0.15) is 31.7 Å². The first kappa shape index (κ1) is 16.8. The van der Waals surface area contributed by atoms with Crippen LogP contribution in [0, 0.1) is 5.92 Å². The lowest BCUT2D eigenvalue weighted by Gasteiger charge is -2.28. The first-order chi connectivity index (χ1) is 12.5.